The van der Waals surface area contributed by atoms with Crippen LogP contribution in [0.15, 0.2) is 0 Å². The molecule has 0 amide bonds. The summed E-state index contributed by atoms with van der Waals surface area (Å²) in [5.74, 6) is 0. The quantitative estimate of drug-likeness (QED) is 0.735. The molecule has 0 aliphatic carbocycles. The third kappa shape index (κ3) is 1.72. The number of hydrogen-bond acceptors (Lipinski definition) is 2. The molecule has 3 nitrogen and oxygen atoms in total. The van der Waals surface area contributed by atoms with Crippen LogP contribution in [0.2, 0.25) is 0 Å². The molecule has 0 aliphatic heterocycles. The van der Waals surface area contributed by atoms with E-state index in [0.29, 0.717) is 6.04 Å². The first-order valence-electron chi connectivity index (χ1n) is 3.85. The zero-order valence-electron chi connectivity index (χ0n) is 7.96. The van der Waals surface area contributed by atoms with Gasteiger partial charge in [0.05, 0.1) is 17.1 Å². The molecule has 0 saturated carbocycles. The third-order valence-corrected chi connectivity index (χ3v) is 1.87. The van der Waals surface area contributed by atoms with E-state index in [2.05, 4.69) is 18.9 Å². The summed E-state index contributed by atoms with van der Waals surface area (Å²) >= 11 is 0. The number of nitrogens with zero attached hydrogens (tertiary/aromatic N) is 2. The molecule has 70 valence electrons. The molecule has 12 heavy (non-hydrogen) atoms. The molecule has 0 aromatic carbocycles. The van der Waals surface area contributed by atoms with E-state index >= 15 is 0 Å². The van der Waals surface area contributed by atoms with E-state index in [4.69, 9.17) is 5.73 Å². The maximum absolute atomic E-state index is 5.76. The second kappa shape index (κ2) is 3.81. The molecule has 1 rings (SSSR count). The molecular weight excluding hydrogens is 174 g/mol. The van der Waals surface area contributed by atoms with Crippen LogP contribution >= 0.6 is 12.4 Å². The molecule has 0 saturated heterocycles. The minimum atomic E-state index is 0. The van der Waals surface area contributed by atoms with Crippen LogP contribution in [0.3, 0.4) is 0 Å². The molecule has 0 spiro atoms. The standard InChI is InChI=1S/C8H15N3.ClH/c1-5(2)11-7(4)8(9)6(3)10-11;/h5H,9H2,1-4H3;1H. The summed E-state index contributed by atoms with van der Waals surface area (Å²) in [6, 6.07) is 0.394. The van der Waals surface area contributed by atoms with Crippen LogP contribution in [-0.2, 0) is 0 Å². The smallest absolute Gasteiger partial charge is 0.0826 e. The van der Waals surface area contributed by atoms with Crippen molar-refractivity contribution < 1.29 is 0 Å². The lowest BCUT2D eigenvalue weighted by molar-refractivity contribution is 0.516. The summed E-state index contributed by atoms with van der Waals surface area (Å²) in [7, 11) is 0. The van der Waals surface area contributed by atoms with E-state index < -0.39 is 0 Å². The van der Waals surface area contributed by atoms with Gasteiger partial charge in [-0.2, -0.15) is 5.10 Å². The number of aromatic nitrogens is 2. The average molecular weight is 190 g/mol. The van der Waals surface area contributed by atoms with Crippen molar-refractivity contribution in [2.45, 2.75) is 33.7 Å². The highest BCUT2D eigenvalue weighted by Gasteiger charge is 2.09. The Balaban J connectivity index is 0.00000121. The van der Waals surface area contributed by atoms with Gasteiger partial charge in [0.1, 0.15) is 0 Å². The fraction of sp³-hybridized carbons (Fsp3) is 0.625. The van der Waals surface area contributed by atoms with Crippen LogP contribution in [0.25, 0.3) is 0 Å². The van der Waals surface area contributed by atoms with Gasteiger partial charge in [0.2, 0.25) is 0 Å². The summed E-state index contributed by atoms with van der Waals surface area (Å²) < 4.78 is 1.95. The molecular formula is C8H16ClN3. The Hall–Kier alpha value is -0.700. The van der Waals surface area contributed by atoms with E-state index in [9.17, 15) is 0 Å². The second-order valence-electron chi connectivity index (χ2n) is 3.12. The van der Waals surface area contributed by atoms with Crippen LogP contribution in [0, 0.1) is 13.8 Å². The van der Waals surface area contributed by atoms with E-state index in [1.807, 2.05) is 18.5 Å². The largest absolute Gasteiger partial charge is 0.396 e. The zero-order chi connectivity index (χ0) is 8.59. The molecule has 0 radical (unpaired) electrons. The number of halogens is 1. The van der Waals surface area contributed by atoms with Crippen molar-refractivity contribution >= 4 is 18.1 Å². The van der Waals surface area contributed by atoms with Gasteiger partial charge in [-0.15, -0.1) is 12.4 Å². The van der Waals surface area contributed by atoms with Crippen molar-refractivity contribution in [1.82, 2.24) is 9.78 Å². The highest BCUT2D eigenvalue weighted by molar-refractivity contribution is 5.85. The number of anilines is 1. The van der Waals surface area contributed by atoms with Gasteiger partial charge in [-0.25, -0.2) is 0 Å². The van der Waals surface area contributed by atoms with E-state index in [1.165, 1.54) is 0 Å². The number of nitrogen functional groups attached to an aromatic ring is 1. The van der Waals surface area contributed by atoms with Gasteiger partial charge in [0.25, 0.3) is 0 Å². The van der Waals surface area contributed by atoms with Crippen LogP contribution in [0.5, 0.6) is 0 Å². The Morgan fingerprint density at radius 3 is 2.00 bits per heavy atom. The maximum atomic E-state index is 5.76. The normalized spacial score (nSPS) is 10.1. The Kier molecular flexibility index (Phi) is 3.58. The van der Waals surface area contributed by atoms with Gasteiger partial charge in [0, 0.05) is 6.04 Å². The molecule has 2 N–H and O–H groups in total. The topological polar surface area (TPSA) is 43.8 Å². The summed E-state index contributed by atoms with van der Waals surface area (Å²) in [5, 5.41) is 4.30. The van der Waals surface area contributed by atoms with Crippen molar-refractivity contribution in [3.8, 4) is 0 Å². The predicted molar refractivity (Wildman–Crippen MR) is 53.7 cm³/mol. The number of hydrogen-bond donors (Lipinski definition) is 1. The average Bonchev–Trinajstić information content (AvgIpc) is 2.17. The highest BCUT2D eigenvalue weighted by atomic mass is 35.5. The van der Waals surface area contributed by atoms with Gasteiger partial charge < -0.3 is 5.73 Å². The highest BCUT2D eigenvalue weighted by Crippen LogP contribution is 2.18. The van der Waals surface area contributed by atoms with Crippen LogP contribution < -0.4 is 5.73 Å². The summed E-state index contributed by atoms with van der Waals surface area (Å²) in [6.45, 7) is 8.12. The van der Waals surface area contributed by atoms with Crippen molar-refractivity contribution in [2.24, 2.45) is 0 Å². The van der Waals surface area contributed by atoms with Gasteiger partial charge >= 0.3 is 0 Å². The Bertz CT molecular complexity index is 266. The number of aryl methyl sites for hydroxylation is 1. The first-order valence-corrected chi connectivity index (χ1v) is 3.85. The Labute approximate surface area is 79.4 Å². The molecule has 1 heterocycles. The van der Waals surface area contributed by atoms with Crippen molar-refractivity contribution in [1.29, 1.82) is 0 Å². The molecule has 0 atom stereocenters. The maximum Gasteiger partial charge on any atom is 0.0826 e. The van der Waals surface area contributed by atoms with Crippen molar-refractivity contribution in [3.63, 3.8) is 0 Å². The molecule has 0 unspecified atom stereocenters. The minimum Gasteiger partial charge on any atom is -0.396 e. The summed E-state index contributed by atoms with van der Waals surface area (Å²) in [4.78, 5) is 0. The zero-order valence-corrected chi connectivity index (χ0v) is 8.77. The fourth-order valence-corrected chi connectivity index (χ4v) is 1.18. The molecule has 4 heteroatoms. The summed E-state index contributed by atoms with van der Waals surface area (Å²) in [6.07, 6.45) is 0. The number of nitrogens with two attached hydrogens (primary N) is 1. The van der Waals surface area contributed by atoms with Crippen LogP contribution in [0.1, 0.15) is 31.3 Å². The first kappa shape index (κ1) is 11.3. The lowest BCUT2D eigenvalue weighted by Crippen LogP contribution is -2.05. The van der Waals surface area contributed by atoms with E-state index in [1.54, 1.807) is 0 Å². The fourth-order valence-electron chi connectivity index (χ4n) is 1.18. The van der Waals surface area contributed by atoms with E-state index in [-0.39, 0.29) is 12.4 Å². The van der Waals surface area contributed by atoms with Gasteiger partial charge in [-0.1, -0.05) is 0 Å². The molecule has 0 aliphatic rings. The first-order chi connectivity index (χ1) is 5.04. The molecule has 1 aromatic rings. The van der Waals surface area contributed by atoms with E-state index in [0.717, 1.165) is 17.1 Å². The van der Waals surface area contributed by atoms with Gasteiger partial charge in [0.15, 0.2) is 0 Å². The predicted octanol–water partition coefficient (Wildman–Crippen LogP) is 2.08. The molecule has 0 fully saturated rings. The molecule has 0 bridgehead atoms. The van der Waals surface area contributed by atoms with Crippen molar-refractivity contribution in [2.75, 3.05) is 5.73 Å². The molecule has 1 aromatic heterocycles. The van der Waals surface area contributed by atoms with Gasteiger partial charge in [-0.05, 0) is 27.7 Å². The van der Waals surface area contributed by atoms with Crippen molar-refractivity contribution in [3.05, 3.63) is 11.4 Å². The lowest BCUT2D eigenvalue weighted by Gasteiger charge is -2.06. The minimum absolute atomic E-state index is 0. The lowest BCUT2D eigenvalue weighted by atomic mass is 10.3. The van der Waals surface area contributed by atoms with Crippen LogP contribution in [-0.4, -0.2) is 9.78 Å². The number of rotatable bonds is 1. The van der Waals surface area contributed by atoms with Gasteiger partial charge in [-0.3, -0.25) is 4.68 Å². The SMILES string of the molecule is Cc1nn(C(C)C)c(C)c1N.Cl. The monoisotopic (exact) mass is 189 g/mol. The third-order valence-electron chi connectivity index (χ3n) is 1.87. The van der Waals surface area contributed by atoms with Crippen LogP contribution in [0.4, 0.5) is 5.69 Å². The second-order valence-corrected chi connectivity index (χ2v) is 3.12. The summed E-state index contributed by atoms with van der Waals surface area (Å²) in [5.41, 5.74) is 8.57. The Morgan fingerprint density at radius 1 is 1.33 bits per heavy atom. The Morgan fingerprint density at radius 2 is 1.83 bits per heavy atom.